The van der Waals surface area contributed by atoms with Crippen LogP contribution in [0.25, 0.3) is 0 Å². The Kier molecular flexibility index (Phi) is 4.82. The summed E-state index contributed by atoms with van der Waals surface area (Å²) in [7, 11) is -3.55. The Morgan fingerprint density at radius 3 is 1.84 bits per heavy atom. The molecule has 0 atom stereocenters. The van der Waals surface area contributed by atoms with E-state index < -0.39 is 21.8 Å². The summed E-state index contributed by atoms with van der Waals surface area (Å²) in [5.74, 6) is -0.981. The summed E-state index contributed by atoms with van der Waals surface area (Å²) in [5.41, 5.74) is 5.25. The molecule has 130 valence electrons. The lowest BCUT2D eigenvalue weighted by atomic mass is 10.2. The molecule has 0 radical (unpaired) electrons. The van der Waals surface area contributed by atoms with Crippen LogP contribution in [-0.4, -0.2) is 26.3 Å². The summed E-state index contributed by atoms with van der Waals surface area (Å²) >= 11 is 0. The van der Waals surface area contributed by atoms with E-state index in [1.54, 1.807) is 30.3 Å². The summed E-state index contributed by atoms with van der Waals surface area (Å²) in [6.07, 6.45) is 1.70. The van der Waals surface area contributed by atoms with Crippen LogP contribution in [0.3, 0.4) is 0 Å². The van der Waals surface area contributed by atoms with Gasteiger partial charge in [0.2, 0.25) is 10.0 Å². The van der Waals surface area contributed by atoms with Crippen molar-refractivity contribution in [1.29, 1.82) is 0 Å². The van der Waals surface area contributed by atoms with E-state index in [1.807, 2.05) is 0 Å². The fraction of sp³-hybridized carbons (Fsp3) is 0.176. The fourth-order valence-electron chi connectivity index (χ4n) is 2.12. The van der Waals surface area contributed by atoms with Crippen molar-refractivity contribution in [3.05, 3.63) is 65.7 Å². The van der Waals surface area contributed by atoms with E-state index in [2.05, 4.69) is 15.6 Å². The zero-order valence-corrected chi connectivity index (χ0v) is 14.0. The maximum atomic E-state index is 12.1. The van der Waals surface area contributed by atoms with E-state index in [4.69, 9.17) is 0 Å². The van der Waals surface area contributed by atoms with Crippen molar-refractivity contribution >= 4 is 21.8 Å². The van der Waals surface area contributed by atoms with Gasteiger partial charge in [0.1, 0.15) is 0 Å². The van der Waals surface area contributed by atoms with E-state index in [1.165, 1.54) is 24.3 Å². The van der Waals surface area contributed by atoms with Crippen molar-refractivity contribution in [2.45, 2.75) is 23.8 Å². The van der Waals surface area contributed by atoms with Crippen molar-refractivity contribution in [2.75, 3.05) is 0 Å². The molecule has 3 rings (SSSR count). The first-order chi connectivity index (χ1) is 12.0. The molecule has 1 aliphatic rings. The summed E-state index contributed by atoms with van der Waals surface area (Å²) in [4.78, 5) is 24.0. The number of hydrazine groups is 1. The van der Waals surface area contributed by atoms with Gasteiger partial charge in [0.05, 0.1) is 4.90 Å². The molecule has 7 nitrogen and oxygen atoms in total. The molecule has 0 unspecified atom stereocenters. The maximum Gasteiger partial charge on any atom is 0.269 e. The average Bonchev–Trinajstić information content (AvgIpc) is 3.43. The van der Waals surface area contributed by atoms with Crippen LogP contribution in [0.5, 0.6) is 0 Å². The van der Waals surface area contributed by atoms with Crippen LogP contribution in [0.4, 0.5) is 0 Å². The number of hydrogen-bond donors (Lipinski definition) is 3. The van der Waals surface area contributed by atoms with E-state index in [9.17, 15) is 18.0 Å². The average molecular weight is 359 g/mol. The molecule has 2 amide bonds. The highest BCUT2D eigenvalue weighted by molar-refractivity contribution is 7.89. The molecule has 0 heterocycles. The van der Waals surface area contributed by atoms with E-state index in [0.29, 0.717) is 5.56 Å². The van der Waals surface area contributed by atoms with Crippen molar-refractivity contribution in [3.63, 3.8) is 0 Å². The zero-order valence-electron chi connectivity index (χ0n) is 13.2. The Hall–Kier alpha value is -2.71. The van der Waals surface area contributed by atoms with Crippen molar-refractivity contribution in [2.24, 2.45) is 0 Å². The first-order valence-corrected chi connectivity index (χ1v) is 9.22. The lowest BCUT2D eigenvalue weighted by molar-refractivity contribution is 0.0846. The summed E-state index contributed by atoms with van der Waals surface area (Å²) in [6, 6.07) is 14.0. The van der Waals surface area contributed by atoms with Gasteiger partial charge in [0.25, 0.3) is 11.8 Å². The fourth-order valence-corrected chi connectivity index (χ4v) is 3.43. The van der Waals surface area contributed by atoms with Gasteiger partial charge >= 0.3 is 0 Å². The van der Waals surface area contributed by atoms with Gasteiger partial charge in [-0.3, -0.25) is 20.4 Å². The third-order valence-corrected chi connectivity index (χ3v) is 5.19. The lowest BCUT2D eigenvalue weighted by Crippen LogP contribution is -2.41. The standard InChI is InChI=1S/C17H17N3O4S/c21-16(12-4-2-1-3-5-12)18-19-17(22)13-6-10-15(11-7-13)25(23,24)20-14-8-9-14/h1-7,10-11,14,20H,8-9H2,(H,18,21)(H,19,22). The number of carbonyl (C=O) groups excluding carboxylic acids is 2. The normalized spacial score (nSPS) is 13.9. The molecule has 25 heavy (non-hydrogen) atoms. The Morgan fingerprint density at radius 1 is 0.800 bits per heavy atom. The number of amides is 2. The maximum absolute atomic E-state index is 12.1. The zero-order chi connectivity index (χ0) is 17.9. The quantitative estimate of drug-likeness (QED) is 0.698. The first kappa shape index (κ1) is 17.1. The van der Waals surface area contributed by atoms with Gasteiger partial charge in [0, 0.05) is 17.2 Å². The molecule has 0 bridgehead atoms. The Morgan fingerprint density at radius 2 is 1.32 bits per heavy atom. The minimum Gasteiger partial charge on any atom is -0.267 e. The molecule has 3 N–H and O–H groups in total. The monoisotopic (exact) mass is 359 g/mol. The van der Waals surface area contributed by atoms with Crippen LogP contribution in [-0.2, 0) is 10.0 Å². The van der Waals surface area contributed by atoms with Gasteiger partial charge in [-0.15, -0.1) is 0 Å². The molecule has 2 aromatic carbocycles. The second kappa shape index (κ2) is 7.04. The third-order valence-electron chi connectivity index (χ3n) is 3.65. The predicted molar refractivity (Wildman–Crippen MR) is 91.2 cm³/mol. The van der Waals surface area contributed by atoms with Gasteiger partial charge in [-0.2, -0.15) is 0 Å². The molecular formula is C17H17N3O4S. The third kappa shape index (κ3) is 4.43. The molecule has 1 saturated carbocycles. The number of hydrogen-bond acceptors (Lipinski definition) is 4. The summed E-state index contributed by atoms with van der Waals surface area (Å²) < 4.78 is 26.7. The minimum atomic E-state index is -3.55. The van der Waals surface area contributed by atoms with Gasteiger partial charge in [0.15, 0.2) is 0 Å². The second-order valence-corrected chi connectivity index (χ2v) is 7.41. The first-order valence-electron chi connectivity index (χ1n) is 7.74. The SMILES string of the molecule is O=C(NNC(=O)c1ccc(S(=O)(=O)NC2CC2)cc1)c1ccccc1. The summed E-state index contributed by atoms with van der Waals surface area (Å²) in [5, 5.41) is 0. The molecule has 0 aliphatic heterocycles. The van der Waals surface area contributed by atoms with Crippen molar-refractivity contribution in [1.82, 2.24) is 15.6 Å². The number of nitrogens with one attached hydrogen (secondary N) is 3. The highest BCUT2D eigenvalue weighted by Gasteiger charge is 2.27. The molecule has 1 fully saturated rings. The van der Waals surface area contributed by atoms with E-state index >= 15 is 0 Å². The number of sulfonamides is 1. The molecule has 0 spiro atoms. The molecule has 8 heteroatoms. The highest BCUT2D eigenvalue weighted by atomic mass is 32.2. The highest BCUT2D eigenvalue weighted by Crippen LogP contribution is 2.22. The number of rotatable bonds is 5. The molecular weight excluding hydrogens is 342 g/mol. The van der Waals surface area contributed by atoms with E-state index in [-0.39, 0.29) is 16.5 Å². The smallest absolute Gasteiger partial charge is 0.267 e. The molecule has 0 aromatic heterocycles. The molecule has 0 saturated heterocycles. The largest absolute Gasteiger partial charge is 0.269 e. The second-order valence-electron chi connectivity index (χ2n) is 5.69. The van der Waals surface area contributed by atoms with Crippen LogP contribution < -0.4 is 15.6 Å². The van der Waals surface area contributed by atoms with E-state index in [0.717, 1.165) is 12.8 Å². The van der Waals surface area contributed by atoms with Gasteiger partial charge in [-0.1, -0.05) is 18.2 Å². The van der Waals surface area contributed by atoms with Crippen LogP contribution in [0, 0.1) is 0 Å². The molecule has 2 aromatic rings. The Labute approximate surface area is 145 Å². The predicted octanol–water partition coefficient (Wildman–Crippen LogP) is 1.20. The van der Waals surface area contributed by atoms with Gasteiger partial charge < -0.3 is 0 Å². The lowest BCUT2D eigenvalue weighted by Gasteiger charge is -2.09. The van der Waals surface area contributed by atoms with Crippen LogP contribution >= 0.6 is 0 Å². The van der Waals surface area contributed by atoms with Crippen LogP contribution in [0.15, 0.2) is 59.5 Å². The minimum absolute atomic E-state index is 0.0150. The summed E-state index contributed by atoms with van der Waals surface area (Å²) in [6.45, 7) is 0. The number of carbonyl (C=O) groups is 2. The van der Waals surface area contributed by atoms with Crippen molar-refractivity contribution < 1.29 is 18.0 Å². The number of benzene rings is 2. The van der Waals surface area contributed by atoms with Crippen LogP contribution in [0.2, 0.25) is 0 Å². The Balaban J connectivity index is 1.60. The van der Waals surface area contributed by atoms with Gasteiger partial charge in [-0.25, -0.2) is 13.1 Å². The molecule has 1 aliphatic carbocycles. The van der Waals surface area contributed by atoms with Crippen LogP contribution in [0.1, 0.15) is 33.6 Å². The Bertz CT molecular complexity index is 876. The van der Waals surface area contributed by atoms with Crippen molar-refractivity contribution in [3.8, 4) is 0 Å². The topological polar surface area (TPSA) is 104 Å². The van der Waals surface area contributed by atoms with Gasteiger partial charge in [-0.05, 0) is 49.2 Å².